The lowest BCUT2D eigenvalue weighted by Gasteiger charge is -2.25. The minimum Gasteiger partial charge on any atom is -0.489 e. The molecular weight excluding hydrogens is 518 g/mol. The van der Waals surface area contributed by atoms with Gasteiger partial charge in [0.1, 0.15) is 17.7 Å². The van der Waals surface area contributed by atoms with Crippen molar-refractivity contribution in [3.8, 4) is 5.75 Å². The second kappa shape index (κ2) is 11.2. The van der Waals surface area contributed by atoms with Gasteiger partial charge in [-0.05, 0) is 75.3 Å². The SMILES string of the molecule is Cc1ccc(NC(=O)c2ccc(S(C)(=O)=O)cc2OC2CCNCC2)c(C(=O)Nc2ccc(Cl)cn2)n1. The number of ether oxygens (including phenoxy) is 1. The number of nitrogens with zero attached hydrogens (tertiary/aromatic N) is 2. The Morgan fingerprint density at radius 3 is 2.49 bits per heavy atom. The van der Waals surface area contributed by atoms with Crippen LogP contribution in [0.25, 0.3) is 0 Å². The van der Waals surface area contributed by atoms with Crippen molar-refractivity contribution in [2.24, 2.45) is 0 Å². The minimum absolute atomic E-state index is 0.0151. The molecule has 0 aliphatic carbocycles. The molecule has 3 heterocycles. The molecule has 3 N–H and O–H groups in total. The third-order valence-electron chi connectivity index (χ3n) is 5.67. The van der Waals surface area contributed by atoms with Crippen LogP contribution in [0.1, 0.15) is 39.4 Å². The van der Waals surface area contributed by atoms with Crippen LogP contribution in [-0.4, -0.2) is 55.6 Å². The number of aromatic nitrogens is 2. The maximum absolute atomic E-state index is 13.4. The van der Waals surface area contributed by atoms with Gasteiger partial charge in [-0.2, -0.15) is 0 Å². The Morgan fingerprint density at radius 1 is 1.05 bits per heavy atom. The molecule has 194 valence electrons. The Morgan fingerprint density at radius 2 is 1.81 bits per heavy atom. The molecule has 10 nitrogen and oxygen atoms in total. The lowest BCUT2D eigenvalue weighted by molar-refractivity contribution is 0.101. The predicted octanol–water partition coefficient (Wildman–Crippen LogP) is 3.48. The molecule has 37 heavy (non-hydrogen) atoms. The van der Waals surface area contributed by atoms with Crippen LogP contribution in [0.15, 0.2) is 53.6 Å². The molecule has 1 aliphatic heterocycles. The van der Waals surface area contributed by atoms with E-state index in [-0.39, 0.29) is 39.5 Å². The van der Waals surface area contributed by atoms with E-state index in [1.54, 1.807) is 31.2 Å². The van der Waals surface area contributed by atoms with Crippen LogP contribution in [0.5, 0.6) is 5.75 Å². The molecule has 3 aromatic rings. The van der Waals surface area contributed by atoms with Crippen molar-refractivity contribution in [1.82, 2.24) is 15.3 Å². The van der Waals surface area contributed by atoms with Crippen LogP contribution < -0.4 is 20.7 Å². The highest BCUT2D eigenvalue weighted by atomic mass is 35.5. The molecule has 1 aromatic carbocycles. The Balaban J connectivity index is 1.62. The zero-order chi connectivity index (χ0) is 26.6. The van der Waals surface area contributed by atoms with E-state index in [0.717, 1.165) is 32.2 Å². The number of carbonyl (C=O) groups is 2. The number of rotatable bonds is 7. The van der Waals surface area contributed by atoms with E-state index in [2.05, 4.69) is 25.9 Å². The Labute approximate surface area is 219 Å². The summed E-state index contributed by atoms with van der Waals surface area (Å²) in [6.07, 6.45) is 3.75. The summed E-state index contributed by atoms with van der Waals surface area (Å²) in [5, 5.41) is 9.01. The zero-order valence-electron chi connectivity index (χ0n) is 20.2. The van der Waals surface area contributed by atoms with Crippen LogP contribution in [-0.2, 0) is 9.84 Å². The molecule has 0 radical (unpaired) electrons. The number of anilines is 2. The van der Waals surface area contributed by atoms with Crippen molar-refractivity contribution in [3.05, 3.63) is 70.6 Å². The molecular formula is C25H26ClN5O5S. The molecule has 1 fully saturated rings. The second-order valence-electron chi connectivity index (χ2n) is 8.62. The third-order valence-corrected chi connectivity index (χ3v) is 7.01. The van der Waals surface area contributed by atoms with Gasteiger partial charge in [-0.15, -0.1) is 0 Å². The fraction of sp³-hybridized carbons (Fsp3) is 0.280. The molecule has 0 atom stereocenters. The van der Waals surface area contributed by atoms with Gasteiger partial charge >= 0.3 is 0 Å². The molecule has 0 unspecified atom stereocenters. The quantitative estimate of drug-likeness (QED) is 0.411. The first-order chi connectivity index (χ1) is 17.6. The minimum atomic E-state index is -3.52. The normalized spacial score (nSPS) is 14.1. The molecule has 1 aliphatic rings. The number of aryl methyl sites for hydroxylation is 1. The fourth-order valence-corrected chi connectivity index (χ4v) is 4.50. The number of pyridine rings is 2. The van der Waals surface area contributed by atoms with Gasteiger partial charge < -0.3 is 20.7 Å². The summed E-state index contributed by atoms with van der Waals surface area (Å²) in [4.78, 5) is 34.7. The van der Waals surface area contributed by atoms with E-state index in [1.165, 1.54) is 24.4 Å². The topological polar surface area (TPSA) is 139 Å². The first-order valence-corrected chi connectivity index (χ1v) is 13.8. The van der Waals surface area contributed by atoms with Crippen molar-refractivity contribution in [3.63, 3.8) is 0 Å². The Bertz CT molecular complexity index is 1420. The number of sulfone groups is 1. The van der Waals surface area contributed by atoms with E-state index in [4.69, 9.17) is 16.3 Å². The van der Waals surface area contributed by atoms with Crippen LogP contribution in [0.4, 0.5) is 11.5 Å². The van der Waals surface area contributed by atoms with Crippen molar-refractivity contribution in [1.29, 1.82) is 0 Å². The van der Waals surface area contributed by atoms with Crippen LogP contribution >= 0.6 is 11.6 Å². The van der Waals surface area contributed by atoms with Gasteiger partial charge in [0.25, 0.3) is 11.8 Å². The van der Waals surface area contributed by atoms with Crippen molar-refractivity contribution >= 4 is 44.8 Å². The van der Waals surface area contributed by atoms with Gasteiger partial charge in [0.05, 0.1) is 21.2 Å². The lowest BCUT2D eigenvalue weighted by Crippen LogP contribution is -2.34. The van der Waals surface area contributed by atoms with E-state index in [9.17, 15) is 18.0 Å². The summed E-state index contributed by atoms with van der Waals surface area (Å²) in [5.41, 5.74) is 0.859. The number of carbonyl (C=O) groups excluding carboxylic acids is 2. The summed E-state index contributed by atoms with van der Waals surface area (Å²) < 4.78 is 30.4. The van der Waals surface area contributed by atoms with Crippen molar-refractivity contribution < 1.29 is 22.7 Å². The van der Waals surface area contributed by atoms with Gasteiger partial charge in [-0.3, -0.25) is 9.59 Å². The molecule has 12 heteroatoms. The standard InChI is InChI=1S/C25H26ClN5O5S/c1-15-3-7-20(23(29-15)25(33)31-22-8-4-16(26)14-28-22)30-24(32)19-6-5-18(37(2,34)35)13-21(19)36-17-9-11-27-12-10-17/h3-8,13-14,17,27H,9-12H2,1-2H3,(H,30,32)(H,28,31,33). The molecule has 2 amide bonds. The largest absolute Gasteiger partial charge is 0.489 e. The van der Waals surface area contributed by atoms with E-state index >= 15 is 0 Å². The van der Waals surface area contributed by atoms with Gasteiger partial charge in [-0.25, -0.2) is 18.4 Å². The lowest BCUT2D eigenvalue weighted by atomic mass is 10.1. The number of halogens is 1. The highest BCUT2D eigenvalue weighted by Gasteiger charge is 2.23. The number of hydrogen-bond donors (Lipinski definition) is 3. The van der Waals surface area contributed by atoms with Gasteiger partial charge in [-0.1, -0.05) is 11.6 Å². The Hall–Kier alpha value is -3.54. The van der Waals surface area contributed by atoms with E-state index in [0.29, 0.717) is 10.7 Å². The summed E-state index contributed by atoms with van der Waals surface area (Å²) in [7, 11) is -3.52. The van der Waals surface area contributed by atoms with E-state index < -0.39 is 21.7 Å². The monoisotopic (exact) mass is 543 g/mol. The first kappa shape index (κ1) is 26.5. The van der Waals surface area contributed by atoms with Crippen LogP contribution in [0.3, 0.4) is 0 Å². The number of benzene rings is 1. The fourth-order valence-electron chi connectivity index (χ4n) is 3.76. The zero-order valence-corrected chi connectivity index (χ0v) is 21.8. The summed E-state index contributed by atoms with van der Waals surface area (Å²) in [6.45, 7) is 3.24. The molecule has 0 bridgehead atoms. The number of nitrogens with one attached hydrogen (secondary N) is 3. The van der Waals surface area contributed by atoms with Crippen molar-refractivity contribution in [2.75, 3.05) is 30.0 Å². The number of hydrogen-bond acceptors (Lipinski definition) is 8. The maximum Gasteiger partial charge on any atom is 0.277 e. The van der Waals surface area contributed by atoms with Crippen LogP contribution in [0, 0.1) is 6.92 Å². The summed E-state index contributed by atoms with van der Waals surface area (Å²) in [5.74, 6) is -0.728. The predicted molar refractivity (Wildman–Crippen MR) is 140 cm³/mol. The van der Waals surface area contributed by atoms with Gasteiger partial charge in [0.2, 0.25) is 0 Å². The molecule has 0 spiro atoms. The van der Waals surface area contributed by atoms with Crippen LogP contribution in [0.2, 0.25) is 5.02 Å². The molecule has 4 rings (SSSR count). The average molecular weight is 544 g/mol. The first-order valence-electron chi connectivity index (χ1n) is 11.5. The third kappa shape index (κ3) is 6.82. The van der Waals surface area contributed by atoms with Gasteiger partial charge in [0.15, 0.2) is 15.5 Å². The second-order valence-corrected chi connectivity index (χ2v) is 11.1. The molecule has 0 saturated carbocycles. The highest BCUT2D eigenvalue weighted by molar-refractivity contribution is 7.90. The van der Waals surface area contributed by atoms with Crippen molar-refractivity contribution in [2.45, 2.75) is 30.8 Å². The smallest absolute Gasteiger partial charge is 0.277 e. The molecule has 1 saturated heterocycles. The number of amides is 2. The van der Waals surface area contributed by atoms with Gasteiger partial charge in [0, 0.05) is 18.1 Å². The molecule has 2 aromatic heterocycles. The number of piperidine rings is 1. The maximum atomic E-state index is 13.4. The summed E-state index contributed by atoms with van der Waals surface area (Å²) in [6, 6.07) is 10.5. The van der Waals surface area contributed by atoms with E-state index in [1.807, 2.05) is 0 Å². The highest BCUT2D eigenvalue weighted by Crippen LogP contribution is 2.28. The summed E-state index contributed by atoms with van der Waals surface area (Å²) >= 11 is 5.85. The Kier molecular flexibility index (Phi) is 8.06. The average Bonchev–Trinajstić information content (AvgIpc) is 2.86.